The predicted molar refractivity (Wildman–Crippen MR) is 70.6 cm³/mol. The number of benzene rings is 1. The van der Waals surface area contributed by atoms with Crippen LogP contribution in [0.15, 0.2) is 23.1 Å². The number of alkyl halides is 5. The summed E-state index contributed by atoms with van der Waals surface area (Å²) in [5.74, 6) is -0.510. The van der Waals surface area contributed by atoms with Crippen LogP contribution in [-0.4, -0.2) is 16.7 Å². The Balaban J connectivity index is 3.20. The van der Waals surface area contributed by atoms with Gasteiger partial charge in [-0.1, -0.05) is 22.0 Å². The Morgan fingerprint density at radius 1 is 1.50 bits per heavy atom. The maximum Gasteiger partial charge on any atom is 0.446 e. The van der Waals surface area contributed by atoms with Crippen LogP contribution in [0, 0.1) is 0 Å². The highest BCUT2D eigenvalue weighted by molar-refractivity contribution is 9.08. The zero-order valence-electron chi connectivity index (χ0n) is 9.22. The van der Waals surface area contributed by atoms with Crippen molar-refractivity contribution in [2.45, 2.75) is 28.0 Å². The number of carbonyl (C=O) groups excluding carboxylic acids is 1. The molecule has 100 valence electrons. The molecule has 0 radical (unpaired) electrons. The number of hydrogen-bond donors (Lipinski definition) is 0. The molecular weight excluding hydrogens is 353 g/mol. The van der Waals surface area contributed by atoms with Crippen molar-refractivity contribution in [3.63, 3.8) is 0 Å². The van der Waals surface area contributed by atoms with Crippen molar-refractivity contribution >= 4 is 45.1 Å². The van der Waals surface area contributed by atoms with Gasteiger partial charge in [0.05, 0.1) is 5.38 Å². The van der Waals surface area contributed by atoms with Crippen LogP contribution < -0.4 is 0 Å². The van der Waals surface area contributed by atoms with Gasteiger partial charge in [-0.25, -0.2) is 0 Å². The number of ketones is 1. The molecule has 0 aliphatic rings. The first-order chi connectivity index (χ1) is 8.24. The summed E-state index contributed by atoms with van der Waals surface area (Å²) >= 11 is 8.49. The van der Waals surface area contributed by atoms with E-state index < -0.39 is 16.7 Å². The second-order valence-electron chi connectivity index (χ2n) is 3.49. The van der Waals surface area contributed by atoms with Gasteiger partial charge >= 0.3 is 5.51 Å². The van der Waals surface area contributed by atoms with Gasteiger partial charge in [0.15, 0.2) is 5.78 Å². The standard InChI is InChI=1S/C11H9BrClF3OS/c1-6(13)10(17)8-3-2-7(5-12)4-9(8)18-11(14,15)16/h2-4,6H,5H2,1H3. The van der Waals surface area contributed by atoms with E-state index in [0.29, 0.717) is 10.9 Å². The maximum atomic E-state index is 12.4. The molecule has 0 bridgehead atoms. The zero-order valence-corrected chi connectivity index (χ0v) is 12.4. The fourth-order valence-electron chi connectivity index (χ4n) is 1.28. The Hall–Kier alpha value is -0.200. The Kier molecular flexibility index (Phi) is 5.55. The molecule has 7 heteroatoms. The van der Waals surface area contributed by atoms with Gasteiger partial charge in [-0.15, -0.1) is 11.6 Å². The number of thioether (sulfide) groups is 1. The van der Waals surface area contributed by atoms with E-state index in [9.17, 15) is 18.0 Å². The minimum atomic E-state index is -4.44. The lowest BCUT2D eigenvalue weighted by Crippen LogP contribution is -2.13. The summed E-state index contributed by atoms with van der Waals surface area (Å²) in [7, 11) is 0. The number of carbonyl (C=O) groups is 1. The molecule has 1 nitrogen and oxygen atoms in total. The van der Waals surface area contributed by atoms with Gasteiger partial charge < -0.3 is 0 Å². The first kappa shape index (κ1) is 15.9. The minimum Gasteiger partial charge on any atom is -0.292 e. The summed E-state index contributed by atoms with van der Waals surface area (Å²) in [5, 5.41) is -0.434. The smallest absolute Gasteiger partial charge is 0.292 e. The topological polar surface area (TPSA) is 17.1 Å². The summed E-state index contributed by atoms with van der Waals surface area (Å²) in [6.07, 6.45) is 0. The Morgan fingerprint density at radius 3 is 2.56 bits per heavy atom. The van der Waals surface area contributed by atoms with Crippen molar-refractivity contribution in [1.29, 1.82) is 0 Å². The van der Waals surface area contributed by atoms with Crippen LogP contribution in [0.1, 0.15) is 22.8 Å². The van der Waals surface area contributed by atoms with E-state index in [1.165, 1.54) is 19.1 Å². The van der Waals surface area contributed by atoms with Crippen molar-refractivity contribution < 1.29 is 18.0 Å². The molecule has 1 aromatic carbocycles. The molecule has 0 aliphatic carbocycles. The molecule has 0 N–H and O–H groups in total. The first-order valence-corrected chi connectivity index (χ1v) is 7.25. The third-order valence-corrected chi connectivity index (χ3v) is 3.69. The van der Waals surface area contributed by atoms with Gasteiger partial charge in [-0.05, 0) is 36.4 Å². The van der Waals surface area contributed by atoms with E-state index in [2.05, 4.69) is 15.9 Å². The van der Waals surface area contributed by atoms with Gasteiger partial charge in [0.2, 0.25) is 0 Å². The first-order valence-electron chi connectivity index (χ1n) is 4.87. The van der Waals surface area contributed by atoms with E-state index in [1.54, 1.807) is 6.07 Å². The van der Waals surface area contributed by atoms with Crippen LogP contribution in [0.4, 0.5) is 13.2 Å². The summed E-state index contributed by atoms with van der Waals surface area (Å²) in [4.78, 5) is 11.6. The Labute approximate surface area is 120 Å². The normalized spacial score (nSPS) is 13.4. The maximum absolute atomic E-state index is 12.4. The summed E-state index contributed by atoms with van der Waals surface area (Å²) < 4.78 is 37.3. The highest BCUT2D eigenvalue weighted by Crippen LogP contribution is 2.39. The van der Waals surface area contributed by atoms with Gasteiger partial charge in [0.1, 0.15) is 0 Å². The molecular formula is C11H9BrClF3OS. The molecule has 1 rings (SSSR count). The lowest BCUT2D eigenvalue weighted by Gasteiger charge is -2.12. The molecule has 0 fully saturated rings. The highest BCUT2D eigenvalue weighted by Gasteiger charge is 2.32. The van der Waals surface area contributed by atoms with Crippen LogP contribution in [0.5, 0.6) is 0 Å². The Bertz CT molecular complexity index is 448. The van der Waals surface area contributed by atoms with Crippen LogP contribution in [0.25, 0.3) is 0 Å². The number of halogens is 5. The predicted octanol–water partition coefficient (Wildman–Crippen LogP) is 5.00. The quantitative estimate of drug-likeness (QED) is 0.426. The van der Waals surface area contributed by atoms with Gasteiger partial charge in [0.25, 0.3) is 0 Å². The van der Waals surface area contributed by atoms with Gasteiger partial charge in [0, 0.05) is 15.8 Å². The molecule has 0 saturated heterocycles. The summed E-state index contributed by atoms with van der Waals surface area (Å²) in [6, 6.07) is 4.33. The Morgan fingerprint density at radius 2 is 2.11 bits per heavy atom. The third kappa shape index (κ3) is 4.48. The highest BCUT2D eigenvalue weighted by atomic mass is 79.9. The molecule has 1 aromatic rings. The van der Waals surface area contributed by atoms with Crippen molar-refractivity contribution in [1.82, 2.24) is 0 Å². The third-order valence-electron chi connectivity index (χ3n) is 2.05. The van der Waals surface area contributed by atoms with Crippen molar-refractivity contribution in [3.8, 4) is 0 Å². The SMILES string of the molecule is CC(Cl)C(=O)c1ccc(CBr)cc1SC(F)(F)F. The fourth-order valence-corrected chi connectivity index (χ4v) is 2.48. The summed E-state index contributed by atoms with van der Waals surface area (Å²) in [5.41, 5.74) is -3.76. The molecule has 1 atom stereocenters. The van der Waals surface area contributed by atoms with Gasteiger partial charge in [-0.3, -0.25) is 4.79 Å². The molecule has 18 heavy (non-hydrogen) atoms. The second-order valence-corrected chi connectivity index (χ2v) is 5.81. The summed E-state index contributed by atoms with van der Waals surface area (Å²) in [6.45, 7) is 1.43. The van der Waals surface area contributed by atoms with Gasteiger partial charge in [-0.2, -0.15) is 13.2 Å². The second kappa shape index (κ2) is 6.30. The van der Waals surface area contributed by atoms with Crippen LogP contribution in [-0.2, 0) is 5.33 Å². The lowest BCUT2D eigenvalue weighted by molar-refractivity contribution is -0.0328. The van der Waals surface area contributed by atoms with Crippen molar-refractivity contribution in [2.75, 3.05) is 0 Å². The average molecular weight is 362 g/mol. The van der Waals surface area contributed by atoms with E-state index in [4.69, 9.17) is 11.6 Å². The van der Waals surface area contributed by atoms with Crippen molar-refractivity contribution in [3.05, 3.63) is 29.3 Å². The molecule has 0 amide bonds. The molecule has 0 spiro atoms. The molecule has 0 saturated carbocycles. The number of rotatable bonds is 4. The lowest BCUT2D eigenvalue weighted by atomic mass is 10.1. The number of Topliss-reactive ketones (excluding diaryl/α,β-unsaturated/α-hetero) is 1. The number of hydrogen-bond acceptors (Lipinski definition) is 2. The van der Waals surface area contributed by atoms with Crippen LogP contribution >= 0.6 is 39.3 Å². The van der Waals surface area contributed by atoms with E-state index in [0.717, 1.165) is 0 Å². The minimum absolute atomic E-state index is 0.00419. The monoisotopic (exact) mass is 360 g/mol. The molecule has 0 aliphatic heterocycles. The average Bonchev–Trinajstić information content (AvgIpc) is 2.25. The van der Waals surface area contributed by atoms with E-state index in [1.807, 2.05) is 0 Å². The van der Waals surface area contributed by atoms with Crippen LogP contribution in [0.2, 0.25) is 0 Å². The zero-order chi connectivity index (χ0) is 13.9. The van der Waals surface area contributed by atoms with E-state index >= 15 is 0 Å². The molecule has 1 unspecified atom stereocenters. The van der Waals surface area contributed by atoms with E-state index in [-0.39, 0.29) is 22.2 Å². The molecule has 0 aromatic heterocycles. The van der Waals surface area contributed by atoms with Crippen molar-refractivity contribution in [2.24, 2.45) is 0 Å². The molecule has 0 heterocycles. The largest absolute Gasteiger partial charge is 0.446 e. The fraction of sp³-hybridized carbons (Fsp3) is 0.364. The van der Waals surface area contributed by atoms with Crippen LogP contribution in [0.3, 0.4) is 0 Å².